The molecule has 1 atom stereocenters. The lowest BCUT2D eigenvalue weighted by Gasteiger charge is -2.13. The number of carboxylic acids is 1. The number of halogens is 1. The minimum Gasteiger partial charge on any atom is -0.481 e. The Morgan fingerprint density at radius 1 is 1.35 bits per heavy atom. The summed E-state index contributed by atoms with van der Waals surface area (Å²) in [6.45, 7) is -0.102. The quantitative estimate of drug-likeness (QED) is 0.852. The molecule has 1 amide bonds. The number of nitrogens with zero attached hydrogens (tertiary/aromatic N) is 1. The number of carboxylic acid groups (broad SMARTS) is 1. The Morgan fingerprint density at radius 2 is 2.04 bits per heavy atom. The minimum atomic E-state index is -1.09. The molecule has 0 bridgehead atoms. The van der Waals surface area contributed by atoms with Crippen molar-refractivity contribution in [3.8, 4) is 0 Å². The standard InChI is InChI=1S/C16H15FN2O4/c17-11-5-3-9(4-6-11)12(16(21)22)7-18-15(20)13-8-23-19-14(13)10-1-2-10/h3-6,8,10,12H,1-2,7H2,(H,18,20)(H,21,22). The maximum Gasteiger partial charge on any atom is 0.312 e. The highest BCUT2D eigenvalue weighted by molar-refractivity contribution is 5.95. The van der Waals surface area contributed by atoms with Gasteiger partial charge in [-0.15, -0.1) is 0 Å². The number of hydrogen-bond acceptors (Lipinski definition) is 4. The van der Waals surface area contributed by atoms with Crippen LogP contribution in [0.5, 0.6) is 0 Å². The molecule has 1 saturated carbocycles. The van der Waals surface area contributed by atoms with E-state index in [0.29, 0.717) is 16.8 Å². The van der Waals surface area contributed by atoms with Crippen molar-refractivity contribution in [2.45, 2.75) is 24.7 Å². The van der Waals surface area contributed by atoms with E-state index in [-0.39, 0.29) is 12.5 Å². The van der Waals surface area contributed by atoms with E-state index >= 15 is 0 Å². The highest BCUT2D eigenvalue weighted by Gasteiger charge is 2.32. The molecule has 1 aromatic heterocycles. The fourth-order valence-corrected chi connectivity index (χ4v) is 2.40. The lowest BCUT2D eigenvalue weighted by atomic mass is 9.99. The van der Waals surface area contributed by atoms with Crippen molar-refractivity contribution in [2.24, 2.45) is 0 Å². The summed E-state index contributed by atoms with van der Waals surface area (Å²) in [5.74, 6) is -2.66. The second-order valence-corrected chi connectivity index (χ2v) is 5.54. The molecule has 0 saturated heterocycles. The Morgan fingerprint density at radius 3 is 2.65 bits per heavy atom. The first kappa shape index (κ1) is 15.2. The average molecular weight is 318 g/mol. The van der Waals surface area contributed by atoms with E-state index in [1.54, 1.807) is 0 Å². The predicted molar refractivity (Wildman–Crippen MR) is 77.6 cm³/mol. The highest BCUT2D eigenvalue weighted by atomic mass is 19.1. The van der Waals surface area contributed by atoms with Crippen LogP contribution in [-0.4, -0.2) is 28.7 Å². The molecule has 2 aromatic rings. The van der Waals surface area contributed by atoms with Crippen molar-refractivity contribution >= 4 is 11.9 Å². The number of benzene rings is 1. The number of carbonyl (C=O) groups is 2. The largest absolute Gasteiger partial charge is 0.481 e. The molecule has 2 N–H and O–H groups in total. The molecule has 23 heavy (non-hydrogen) atoms. The molecule has 120 valence electrons. The molecule has 1 heterocycles. The first-order valence-electron chi connectivity index (χ1n) is 7.27. The molecule has 0 aliphatic heterocycles. The monoisotopic (exact) mass is 318 g/mol. The predicted octanol–water partition coefficient (Wildman–Crippen LogP) is 2.29. The average Bonchev–Trinajstić information content (AvgIpc) is 3.25. The molecule has 1 fully saturated rings. The Balaban J connectivity index is 1.69. The van der Waals surface area contributed by atoms with Crippen LogP contribution in [0, 0.1) is 5.82 Å². The number of amides is 1. The second kappa shape index (κ2) is 6.20. The zero-order valence-electron chi connectivity index (χ0n) is 12.2. The van der Waals surface area contributed by atoms with Crippen molar-refractivity contribution < 1.29 is 23.6 Å². The van der Waals surface area contributed by atoms with Crippen LogP contribution in [0.1, 0.15) is 46.3 Å². The van der Waals surface area contributed by atoms with Gasteiger partial charge in [0.05, 0.1) is 11.6 Å². The fraction of sp³-hybridized carbons (Fsp3) is 0.312. The second-order valence-electron chi connectivity index (χ2n) is 5.54. The normalized spacial score (nSPS) is 15.2. The van der Waals surface area contributed by atoms with Crippen LogP contribution in [0.2, 0.25) is 0 Å². The third-order valence-electron chi connectivity index (χ3n) is 3.84. The molecule has 1 aliphatic rings. The van der Waals surface area contributed by atoms with Crippen LogP contribution >= 0.6 is 0 Å². The third kappa shape index (κ3) is 3.39. The number of aliphatic carboxylic acids is 1. The first-order valence-corrected chi connectivity index (χ1v) is 7.27. The van der Waals surface area contributed by atoms with Gasteiger partial charge in [-0.1, -0.05) is 17.3 Å². The fourth-order valence-electron chi connectivity index (χ4n) is 2.40. The van der Waals surface area contributed by atoms with E-state index in [1.165, 1.54) is 30.5 Å². The maximum absolute atomic E-state index is 12.9. The first-order chi connectivity index (χ1) is 11.1. The smallest absolute Gasteiger partial charge is 0.312 e. The minimum absolute atomic E-state index is 0.102. The Labute approximate surface area is 131 Å². The van der Waals surface area contributed by atoms with Crippen molar-refractivity contribution in [2.75, 3.05) is 6.54 Å². The van der Waals surface area contributed by atoms with E-state index in [2.05, 4.69) is 10.5 Å². The molecule has 6 nitrogen and oxygen atoms in total. The molecule has 1 unspecified atom stereocenters. The molecule has 1 aromatic carbocycles. The van der Waals surface area contributed by atoms with Crippen molar-refractivity contribution in [1.82, 2.24) is 10.5 Å². The van der Waals surface area contributed by atoms with Crippen LogP contribution in [-0.2, 0) is 4.79 Å². The molecule has 0 radical (unpaired) electrons. The van der Waals surface area contributed by atoms with Gasteiger partial charge in [-0.25, -0.2) is 4.39 Å². The van der Waals surface area contributed by atoms with Gasteiger partial charge < -0.3 is 14.9 Å². The van der Waals surface area contributed by atoms with Crippen LogP contribution < -0.4 is 5.32 Å². The van der Waals surface area contributed by atoms with Crippen LogP contribution in [0.3, 0.4) is 0 Å². The van der Waals surface area contributed by atoms with E-state index in [4.69, 9.17) is 4.52 Å². The van der Waals surface area contributed by atoms with Gasteiger partial charge in [0.25, 0.3) is 5.91 Å². The molecule has 3 rings (SSSR count). The van der Waals surface area contributed by atoms with Gasteiger partial charge in [0.1, 0.15) is 17.6 Å². The lowest BCUT2D eigenvalue weighted by Crippen LogP contribution is -2.32. The number of nitrogens with one attached hydrogen (secondary N) is 1. The van der Waals surface area contributed by atoms with Crippen LogP contribution in [0.25, 0.3) is 0 Å². The third-order valence-corrected chi connectivity index (χ3v) is 3.84. The maximum atomic E-state index is 12.9. The van der Waals surface area contributed by atoms with Gasteiger partial charge in [0, 0.05) is 12.5 Å². The molecular formula is C16H15FN2O4. The van der Waals surface area contributed by atoms with E-state index in [0.717, 1.165) is 12.8 Å². The topological polar surface area (TPSA) is 92.4 Å². The van der Waals surface area contributed by atoms with E-state index in [1.807, 2.05) is 0 Å². The summed E-state index contributed by atoms with van der Waals surface area (Å²) in [4.78, 5) is 23.6. The molecular weight excluding hydrogens is 303 g/mol. The van der Waals surface area contributed by atoms with Gasteiger partial charge in [0.15, 0.2) is 0 Å². The van der Waals surface area contributed by atoms with Gasteiger partial charge >= 0.3 is 5.97 Å². The lowest BCUT2D eigenvalue weighted by molar-refractivity contribution is -0.138. The summed E-state index contributed by atoms with van der Waals surface area (Å²) in [7, 11) is 0. The van der Waals surface area contributed by atoms with Gasteiger partial charge in [0.2, 0.25) is 0 Å². The summed E-state index contributed by atoms with van der Waals surface area (Å²) in [6.07, 6.45) is 3.22. The van der Waals surface area contributed by atoms with Crippen LogP contribution in [0.4, 0.5) is 4.39 Å². The Bertz CT molecular complexity index is 722. The summed E-state index contributed by atoms with van der Waals surface area (Å²) in [6, 6.07) is 5.18. The summed E-state index contributed by atoms with van der Waals surface area (Å²) < 4.78 is 17.8. The van der Waals surface area contributed by atoms with Crippen molar-refractivity contribution in [1.29, 1.82) is 0 Å². The molecule has 7 heteroatoms. The summed E-state index contributed by atoms with van der Waals surface area (Å²) in [5.41, 5.74) is 1.39. The van der Waals surface area contributed by atoms with Crippen molar-refractivity contribution in [3.63, 3.8) is 0 Å². The van der Waals surface area contributed by atoms with Gasteiger partial charge in [-0.05, 0) is 30.5 Å². The van der Waals surface area contributed by atoms with E-state index < -0.39 is 23.6 Å². The van der Waals surface area contributed by atoms with Gasteiger partial charge in [-0.3, -0.25) is 9.59 Å². The zero-order valence-corrected chi connectivity index (χ0v) is 12.2. The molecule has 1 aliphatic carbocycles. The zero-order chi connectivity index (χ0) is 16.4. The number of rotatable bonds is 6. The summed E-state index contributed by atoms with van der Waals surface area (Å²) >= 11 is 0. The Hall–Kier alpha value is -2.70. The number of aromatic nitrogens is 1. The number of hydrogen-bond donors (Lipinski definition) is 2. The summed E-state index contributed by atoms with van der Waals surface area (Å²) in [5, 5.41) is 15.7. The van der Waals surface area contributed by atoms with Crippen LogP contribution in [0.15, 0.2) is 35.1 Å². The SMILES string of the molecule is O=C(NCC(C(=O)O)c1ccc(F)cc1)c1conc1C1CC1. The van der Waals surface area contributed by atoms with E-state index in [9.17, 15) is 19.1 Å². The van der Waals surface area contributed by atoms with Gasteiger partial charge in [-0.2, -0.15) is 0 Å². The van der Waals surface area contributed by atoms with Crippen molar-refractivity contribution in [3.05, 3.63) is 53.2 Å². The molecule has 0 spiro atoms. The number of carbonyl (C=O) groups excluding carboxylic acids is 1. The Kier molecular flexibility index (Phi) is 4.10. The highest BCUT2D eigenvalue weighted by Crippen LogP contribution is 2.40.